The van der Waals surface area contributed by atoms with Crippen molar-refractivity contribution in [1.82, 2.24) is 10.2 Å². The summed E-state index contributed by atoms with van der Waals surface area (Å²) in [7, 11) is 2.24. The van der Waals surface area contributed by atoms with Gasteiger partial charge in [-0.15, -0.1) is 0 Å². The van der Waals surface area contributed by atoms with E-state index in [9.17, 15) is 0 Å². The average Bonchev–Trinajstić information content (AvgIpc) is 2.76. The largest absolute Gasteiger partial charge is 0.377 e. The molecule has 2 unspecified atom stereocenters. The van der Waals surface area contributed by atoms with Crippen LogP contribution in [0.3, 0.4) is 0 Å². The summed E-state index contributed by atoms with van der Waals surface area (Å²) in [5.74, 6) is 0.686. The number of nitrogens with one attached hydrogen (secondary N) is 1. The highest BCUT2D eigenvalue weighted by atomic mass is 16.5. The Morgan fingerprint density at radius 3 is 2.71 bits per heavy atom. The van der Waals surface area contributed by atoms with Crippen LogP contribution in [0.4, 0.5) is 0 Å². The normalized spacial score (nSPS) is 22.6. The SMILES string of the molecule is CCCNCC(C(C)C)N(C)CC1CCCO1. The summed E-state index contributed by atoms with van der Waals surface area (Å²) in [4.78, 5) is 2.48. The van der Waals surface area contributed by atoms with Crippen LogP contribution in [0.15, 0.2) is 0 Å². The molecule has 0 spiro atoms. The minimum Gasteiger partial charge on any atom is -0.377 e. The van der Waals surface area contributed by atoms with Crippen LogP contribution >= 0.6 is 0 Å². The molecule has 1 aliphatic heterocycles. The Morgan fingerprint density at radius 1 is 1.41 bits per heavy atom. The van der Waals surface area contributed by atoms with Crippen LogP contribution < -0.4 is 5.32 Å². The highest BCUT2D eigenvalue weighted by molar-refractivity contribution is 4.78. The van der Waals surface area contributed by atoms with E-state index in [-0.39, 0.29) is 0 Å². The fourth-order valence-corrected chi connectivity index (χ4v) is 2.57. The van der Waals surface area contributed by atoms with Crippen molar-refractivity contribution in [1.29, 1.82) is 0 Å². The topological polar surface area (TPSA) is 24.5 Å². The summed E-state index contributed by atoms with van der Waals surface area (Å²) in [6, 6.07) is 0.616. The fourth-order valence-electron chi connectivity index (χ4n) is 2.57. The number of hydrogen-bond donors (Lipinski definition) is 1. The summed E-state index contributed by atoms with van der Waals surface area (Å²) < 4.78 is 5.72. The van der Waals surface area contributed by atoms with Gasteiger partial charge >= 0.3 is 0 Å². The quantitative estimate of drug-likeness (QED) is 0.660. The van der Waals surface area contributed by atoms with E-state index in [4.69, 9.17) is 4.74 Å². The number of ether oxygens (including phenoxy) is 1. The molecule has 1 rings (SSSR count). The van der Waals surface area contributed by atoms with Gasteiger partial charge in [0.25, 0.3) is 0 Å². The molecule has 0 bridgehead atoms. The van der Waals surface area contributed by atoms with Gasteiger partial charge in [0.05, 0.1) is 6.10 Å². The van der Waals surface area contributed by atoms with Gasteiger partial charge in [-0.1, -0.05) is 20.8 Å². The van der Waals surface area contributed by atoms with Crippen molar-refractivity contribution in [2.45, 2.75) is 52.2 Å². The van der Waals surface area contributed by atoms with Gasteiger partial charge < -0.3 is 10.1 Å². The van der Waals surface area contributed by atoms with Gasteiger partial charge in [0, 0.05) is 25.7 Å². The molecule has 1 fully saturated rings. The summed E-state index contributed by atoms with van der Waals surface area (Å²) in [5.41, 5.74) is 0. The van der Waals surface area contributed by atoms with Crippen LogP contribution in [0.25, 0.3) is 0 Å². The summed E-state index contributed by atoms with van der Waals surface area (Å²) in [6.07, 6.45) is 4.14. The van der Waals surface area contributed by atoms with Crippen molar-refractivity contribution in [3.8, 4) is 0 Å². The molecule has 0 saturated carbocycles. The molecule has 0 amide bonds. The maximum atomic E-state index is 5.72. The smallest absolute Gasteiger partial charge is 0.0702 e. The maximum Gasteiger partial charge on any atom is 0.0702 e. The average molecular weight is 242 g/mol. The third-order valence-electron chi connectivity index (χ3n) is 3.63. The predicted molar refractivity (Wildman–Crippen MR) is 73.4 cm³/mol. The molecule has 3 heteroatoms. The molecule has 102 valence electrons. The molecule has 1 heterocycles. The van der Waals surface area contributed by atoms with Crippen LogP contribution in [0.2, 0.25) is 0 Å². The van der Waals surface area contributed by atoms with Crippen LogP contribution in [0.1, 0.15) is 40.0 Å². The number of likely N-dealkylation sites (N-methyl/N-ethyl adjacent to an activating group) is 1. The van der Waals surface area contributed by atoms with Crippen molar-refractivity contribution in [3.63, 3.8) is 0 Å². The Kier molecular flexibility index (Phi) is 7.09. The molecule has 1 N–H and O–H groups in total. The zero-order valence-electron chi connectivity index (χ0n) is 12.0. The molecular formula is C14H30N2O. The summed E-state index contributed by atoms with van der Waals surface area (Å²) in [5, 5.41) is 3.54. The second-order valence-electron chi connectivity index (χ2n) is 5.59. The van der Waals surface area contributed by atoms with E-state index in [2.05, 4.69) is 38.0 Å². The zero-order chi connectivity index (χ0) is 12.7. The van der Waals surface area contributed by atoms with Crippen LogP contribution in [-0.4, -0.2) is 50.3 Å². The van der Waals surface area contributed by atoms with Crippen molar-refractivity contribution < 1.29 is 4.74 Å². The summed E-state index contributed by atoms with van der Waals surface area (Å²) >= 11 is 0. The van der Waals surface area contributed by atoms with Crippen molar-refractivity contribution in [3.05, 3.63) is 0 Å². The second-order valence-corrected chi connectivity index (χ2v) is 5.59. The first kappa shape index (κ1) is 14.9. The van der Waals surface area contributed by atoms with Gasteiger partial charge in [-0.2, -0.15) is 0 Å². The van der Waals surface area contributed by atoms with Gasteiger partial charge in [-0.25, -0.2) is 0 Å². The van der Waals surface area contributed by atoms with E-state index in [0.717, 1.165) is 26.2 Å². The first-order valence-electron chi connectivity index (χ1n) is 7.17. The molecule has 0 radical (unpaired) electrons. The Morgan fingerprint density at radius 2 is 2.18 bits per heavy atom. The third-order valence-corrected chi connectivity index (χ3v) is 3.63. The lowest BCUT2D eigenvalue weighted by Gasteiger charge is -2.33. The van der Waals surface area contributed by atoms with E-state index in [1.165, 1.54) is 19.3 Å². The van der Waals surface area contributed by atoms with Gasteiger partial charge in [-0.3, -0.25) is 4.90 Å². The highest BCUT2D eigenvalue weighted by Gasteiger charge is 2.23. The van der Waals surface area contributed by atoms with Gasteiger partial charge in [0.1, 0.15) is 0 Å². The van der Waals surface area contributed by atoms with Crippen molar-refractivity contribution in [2.75, 3.05) is 33.3 Å². The van der Waals surface area contributed by atoms with Crippen LogP contribution in [-0.2, 0) is 4.74 Å². The third kappa shape index (κ3) is 5.36. The van der Waals surface area contributed by atoms with E-state index in [1.807, 2.05) is 0 Å². The lowest BCUT2D eigenvalue weighted by atomic mass is 10.0. The predicted octanol–water partition coefficient (Wildman–Crippen LogP) is 2.12. The number of nitrogens with zero attached hydrogens (tertiary/aromatic N) is 1. The Balaban J connectivity index is 2.33. The Hall–Kier alpha value is -0.120. The van der Waals surface area contributed by atoms with E-state index in [0.29, 0.717) is 18.1 Å². The summed E-state index contributed by atoms with van der Waals surface area (Å²) in [6.45, 7) is 11.1. The van der Waals surface area contributed by atoms with Crippen molar-refractivity contribution in [2.24, 2.45) is 5.92 Å². The standard InChI is InChI=1S/C14H30N2O/c1-5-8-15-10-14(12(2)3)16(4)11-13-7-6-9-17-13/h12-15H,5-11H2,1-4H3. The van der Waals surface area contributed by atoms with Gasteiger partial charge in [0.15, 0.2) is 0 Å². The maximum absolute atomic E-state index is 5.72. The minimum absolute atomic E-state index is 0.465. The van der Waals surface area contributed by atoms with Crippen LogP contribution in [0, 0.1) is 5.92 Å². The molecular weight excluding hydrogens is 212 g/mol. The highest BCUT2D eigenvalue weighted by Crippen LogP contribution is 2.16. The Bertz CT molecular complexity index is 191. The minimum atomic E-state index is 0.465. The first-order chi connectivity index (χ1) is 8.15. The van der Waals surface area contributed by atoms with E-state index < -0.39 is 0 Å². The zero-order valence-corrected chi connectivity index (χ0v) is 12.0. The number of hydrogen-bond acceptors (Lipinski definition) is 3. The molecule has 0 aromatic carbocycles. The van der Waals surface area contributed by atoms with Gasteiger partial charge in [-0.05, 0) is 38.8 Å². The first-order valence-corrected chi connectivity index (χ1v) is 7.17. The number of rotatable bonds is 8. The van der Waals surface area contributed by atoms with Crippen LogP contribution in [0.5, 0.6) is 0 Å². The molecule has 0 aromatic rings. The van der Waals surface area contributed by atoms with Gasteiger partial charge in [0.2, 0.25) is 0 Å². The second kappa shape index (κ2) is 8.06. The Labute approximate surface area is 107 Å². The lowest BCUT2D eigenvalue weighted by Crippen LogP contribution is -2.46. The molecule has 2 atom stereocenters. The molecule has 3 nitrogen and oxygen atoms in total. The van der Waals surface area contributed by atoms with Crippen molar-refractivity contribution >= 4 is 0 Å². The molecule has 17 heavy (non-hydrogen) atoms. The molecule has 0 aromatic heterocycles. The fraction of sp³-hybridized carbons (Fsp3) is 1.00. The van der Waals surface area contributed by atoms with E-state index >= 15 is 0 Å². The van der Waals surface area contributed by atoms with E-state index in [1.54, 1.807) is 0 Å². The molecule has 0 aliphatic carbocycles. The molecule has 1 saturated heterocycles. The monoisotopic (exact) mass is 242 g/mol. The molecule has 1 aliphatic rings. The lowest BCUT2D eigenvalue weighted by molar-refractivity contribution is 0.0595.